The van der Waals surface area contributed by atoms with Crippen LogP contribution in [0, 0.1) is 13.8 Å². The minimum atomic E-state index is -3.76. The lowest BCUT2D eigenvalue weighted by Crippen LogP contribution is -2.52. The fourth-order valence-electron chi connectivity index (χ4n) is 4.44. The first kappa shape index (κ1) is 27.5. The number of methoxy groups -OCH3 is 1. The molecule has 0 radical (unpaired) electrons. The van der Waals surface area contributed by atoms with Gasteiger partial charge in [0.15, 0.2) is 0 Å². The van der Waals surface area contributed by atoms with Gasteiger partial charge in [-0.2, -0.15) is 0 Å². The summed E-state index contributed by atoms with van der Waals surface area (Å²) in [5, 5.41) is 3.06. The summed E-state index contributed by atoms with van der Waals surface area (Å²) >= 11 is 0. The van der Waals surface area contributed by atoms with Crippen LogP contribution in [0.15, 0.2) is 42.5 Å². The molecule has 1 saturated carbocycles. The van der Waals surface area contributed by atoms with Crippen LogP contribution in [-0.4, -0.2) is 57.1 Å². The Hall–Kier alpha value is -3.07. The van der Waals surface area contributed by atoms with E-state index in [1.807, 2.05) is 32.0 Å². The van der Waals surface area contributed by atoms with E-state index in [1.165, 1.54) is 4.90 Å². The maximum atomic E-state index is 13.7. The van der Waals surface area contributed by atoms with Gasteiger partial charge in [-0.05, 0) is 74.6 Å². The molecule has 0 saturated heterocycles. The maximum absolute atomic E-state index is 13.7. The Labute approximate surface area is 214 Å². The molecular formula is C27H37N3O5S. The average molecular weight is 516 g/mol. The minimum absolute atomic E-state index is 0.108. The normalized spacial score (nSPS) is 14.8. The fraction of sp³-hybridized carbons (Fsp3) is 0.481. The molecule has 0 spiro atoms. The van der Waals surface area contributed by atoms with E-state index in [0.29, 0.717) is 11.4 Å². The van der Waals surface area contributed by atoms with Crippen LogP contribution < -0.4 is 14.4 Å². The van der Waals surface area contributed by atoms with Gasteiger partial charge in [-0.15, -0.1) is 0 Å². The highest BCUT2D eigenvalue weighted by Crippen LogP contribution is 2.23. The topological polar surface area (TPSA) is 96.0 Å². The number of ether oxygens (including phenoxy) is 1. The van der Waals surface area contributed by atoms with E-state index in [9.17, 15) is 18.0 Å². The van der Waals surface area contributed by atoms with Gasteiger partial charge in [0.05, 0.1) is 19.1 Å². The second-order valence-corrected chi connectivity index (χ2v) is 11.5. The number of aryl methyl sites for hydroxylation is 2. The molecule has 0 bridgehead atoms. The molecular weight excluding hydrogens is 478 g/mol. The maximum Gasteiger partial charge on any atom is 0.244 e. The summed E-state index contributed by atoms with van der Waals surface area (Å²) in [4.78, 5) is 28.3. The van der Waals surface area contributed by atoms with Crippen LogP contribution in [0.25, 0.3) is 0 Å². The summed E-state index contributed by atoms with van der Waals surface area (Å²) < 4.78 is 31.9. The molecule has 2 amide bonds. The quantitative estimate of drug-likeness (QED) is 0.522. The minimum Gasteiger partial charge on any atom is -0.497 e. The molecule has 0 aliphatic heterocycles. The molecule has 1 N–H and O–H groups in total. The van der Waals surface area contributed by atoms with Crippen molar-refractivity contribution in [2.24, 2.45) is 0 Å². The predicted molar refractivity (Wildman–Crippen MR) is 142 cm³/mol. The molecule has 2 aromatic rings. The summed E-state index contributed by atoms with van der Waals surface area (Å²) in [6.07, 6.45) is 5.09. The SMILES string of the molecule is COc1cccc(CN(C(=O)CN(c2ccc(C)c(C)c2)S(C)(=O)=O)[C@@H](C)C(=O)NC2CCCC2)c1. The highest BCUT2D eigenvalue weighted by molar-refractivity contribution is 7.92. The zero-order chi connectivity index (χ0) is 26.5. The molecule has 196 valence electrons. The number of hydrogen-bond acceptors (Lipinski definition) is 5. The van der Waals surface area contributed by atoms with Crippen molar-refractivity contribution in [3.63, 3.8) is 0 Å². The number of rotatable bonds is 10. The Kier molecular flexibility index (Phi) is 9.00. The molecule has 1 aliphatic carbocycles. The fourth-order valence-corrected chi connectivity index (χ4v) is 5.28. The Balaban J connectivity index is 1.90. The molecule has 1 atom stereocenters. The monoisotopic (exact) mass is 515 g/mol. The first-order valence-corrected chi connectivity index (χ1v) is 14.1. The van der Waals surface area contributed by atoms with Gasteiger partial charge < -0.3 is 15.0 Å². The molecule has 3 rings (SSSR count). The van der Waals surface area contributed by atoms with Crippen LogP contribution >= 0.6 is 0 Å². The van der Waals surface area contributed by atoms with Gasteiger partial charge in [-0.1, -0.05) is 31.0 Å². The number of carbonyl (C=O) groups is 2. The summed E-state index contributed by atoms with van der Waals surface area (Å²) in [5.41, 5.74) is 3.14. The van der Waals surface area contributed by atoms with Crippen LogP contribution in [0.3, 0.4) is 0 Å². The molecule has 0 heterocycles. The van der Waals surface area contributed by atoms with Crippen LogP contribution in [0.2, 0.25) is 0 Å². The van der Waals surface area contributed by atoms with Crippen LogP contribution in [0.5, 0.6) is 5.75 Å². The van der Waals surface area contributed by atoms with Crippen LogP contribution in [0.1, 0.15) is 49.3 Å². The molecule has 0 aromatic heterocycles. The van der Waals surface area contributed by atoms with Crippen molar-refractivity contribution < 1.29 is 22.7 Å². The van der Waals surface area contributed by atoms with Crippen molar-refractivity contribution in [3.05, 3.63) is 59.2 Å². The van der Waals surface area contributed by atoms with E-state index in [1.54, 1.807) is 38.3 Å². The van der Waals surface area contributed by atoms with E-state index < -0.39 is 28.5 Å². The van der Waals surface area contributed by atoms with Crippen molar-refractivity contribution in [1.29, 1.82) is 0 Å². The van der Waals surface area contributed by atoms with Crippen molar-refractivity contribution in [1.82, 2.24) is 10.2 Å². The standard InChI is InChI=1S/C27H37N3O5S/c1-19-13-14-24(15-20(19)2)30(36(5,33)34)18-26(31)29(17-22-9-8-12-25(16-22)35-4)21(3)27(32)28-23-10-6-7-11-23/h8-9,12-16,21,23H,6-7,10-11,17-18H2,1-5H3,(H,28,32)/t21-/m0/s1. The summed E-state index contributed by atoms with van der Waals surface area (Å²) in [5.74, 6) is -0.0679. The van der Waals surface area contributed by atoms with Gasteiger partial charge in [0.25, 0.3) is 0 Å². The second kappa shape index (κ2) is 11.8. The lowest BCUT2D eigenvalue weighted by Gasteiger charge is -2.32. The second-order valence-electron chi connectivity index (χ2n) is 9.58. The number of amides is 2. The van der Waals surface area contributed by atoms with E-state index in [4.69, 9.17) is 4.74 Å². The molecule has 0 unspecified atom stereocenters. The third-order valence-corrected chi connectivity index (χ3v) is 7.95. The van der Waals surface area contributed by atoms with E-state index >= 15 is 0 Å². The van der Waals surface area contributed by atoms with E-state index in [-0.39, 0.29) is 18.5 Å². The zero-order valence-corrected chi connectivity index (χ0v) is 22.6. The molecule has 2 aromatic carbocycles. The Bertz CT molecular complexity index is 1190. The predicted octanol–water partition coefficient (Wildman–Crippen LogP) is 3.55. The lowest BCUT2D eigenvalue weighted by atomic mass is 10.1. The van der Waals surface area contributed by atoms with Crippen LogP contribution in [0.4, 0.5) is 5.69 Å². The molecule has 36 heavy (non-hydrogen) atoms. The number of nitrogens with one attached hydrogen (secondary N) is 1. The molecule has 9 heteroatoms. The van der Waals surface area contributed by atoms with Crippen molar-refractivity contribution in [2.75, 3.05) is 24.2 Å². The number of anilines is 1. The third kappa shape index (κ3) is 7.00. The van der Waals surface area contributed by atoms with E-state index in [2.05, 4.69) is 5.32 Å². The average Bonchev–Trinajstić information content (AvgIpc) is 3.34. The number of sulfonamides is 1. The number of nitrogens with zero attached hydrogens (tertiary/aromatic N) is 2. The Morgan fingerprint density at radius 1 is 1.08 bits per heavy atom. The van der Waals surface area contributed by atoms with Crippen molar-refractivity contribution in [3.8, 4) is 5.75 Å². The first-order chi connectivity index (χ1) is 17.0. The van der Waals surface area contributed by atoms with Gasteiger partial charge in [-0.3, -0.25) is 13.9 Å². The van der Waals surface area contributed by atoms with Gasteiger partial charge >= 0.3 is 0 Å². The Morgan fingerprint density at radius 2 is 1.78 bits per heavy atom. The summed E-state index contributed by atoms with van der Waals surface area (Å²) in [7, 11) is -2.20. The van der Waals surface area contributed by atoms with Gasteiger partial charge in [0.2, 0.25) is 21.8 Å². The number of carbonyl (C=O) groups excluding carboxylic acids is 2. The van der Waals surface area contributed by atoms with Crippen molar-refractivity contribution in [2.45, 2.75) is 65.1 Å². The van der Waals surface area contributed by atoms with Gasteiger partial charge in [-0.25, -0.2) is 8.42 Å². The zero-order valence-electron chi connectivity index (χ0n) is 21.8. The molecule has 1 fully saturated rings. The molecule has 1 aliphatic rings. The highest BCUT2D eigenvalue weighted by atomic mass is 32.2. The van der Waals surface area contributed by atoms with Gasteiger partial charge in [0, 0.05) is 12.6 Å². The van der Waals surface area contributed by atoms with E-state index in [0.717, 1.165) is 52.9 Å². The highest BCUT2D eigenvalue weighted by Gasteiger charge is 2.31. The summed E-state index contributed by atoms with van der Waals surface area (Å²) in [6, 6.07) is 11.9. The van der Waals surface area contributed by atoms with Crippen molar-refractivity contribution >= 4 is 27.5 Å². The molecule has 8 nitrogen and oxygen atoms in total. The number of hydrogen-bond donors (Lipinski definition) is 1. The smallest absolute Gasteiger partial charge is 0.244 e. The lowest BCUT2D eigenvalue weighted by molar-refractivity contribution is -0.139. The Morgan fingerprint density at radius 3 is 2.39 bits per heavy atom. The first-order valence-electron chi connectivity index (χ1n) is 12.3. The number of benzene rings is 2. The summed E-state index contributed by atoms with van der Waals surface area (Å²) in [6.45, 7) is 5.25. The third-order valence-electron chi connectivity index (χ3n) is 6.81. The van der Waals surface area contributed by atoms with Gasteiger partial charge in [0.1, 0.15) is 18.3 Å². The van der Waals surface area contributed by atoms with Crippen LogP contribution in [-0.2, 0) is 26.2 Å². The largest absolute Gasteiger partial charge is 0.497 e.